The van der Waals surface area contributed by atoms with E-state index < -0.39 is 0 Å². The summed E-state index contributed by atoms with van der Waals surface area (Å²) in [4.78, 5) is 26.2. The molecular formula is C19H21BrN4O. The first-order valence-electron chi connectivity index (χ1n) is 8.73. The molecule has 6 heteroatoms. The molecule has 2 aliphatic rings. The van der Waals surface area contributed by atoms with Gasteiger partial charge in [-0.2, -0.15) is 0 Å². The second kappa shape index (κ2) is 6.75. The number of carbonyl (C=O) groups is 1. The Morgan fingerprint density at radius 2 is 2.00 bits per heavy atom. The van der Waals surface area contributed by atoms with E-state index in [1.807, 2.05) is 43.5 Å². The van der Waals surface area contributed by atoms with Gasteiger partial charge in [0, 0.05) is 30.3 Å². The van der Waals surface area contributed by atoms with Crippen molar-refractivity contribution in [3.8, 4) is 0 Å². The lowest BCUT2D eigenvalue weighted by atomic mass is 9.92. The Kier molecular flexibility index (Phi) is 4.46. The molecule has 0 radical (unpaired) electrons. The second-order valence-corrected chi connectivity index (χ2v) is 7.65. The summed E-state index contributed by atoms with van der Waals surface area (Å²) in [5.41, 5.74) is 0.748. The summed E-state index contributed by atoms with van der Waals surface area (Å²) in [6.07, 6.45) is 4.01. The minimum atomic E-state index is 0.126. The lowest BCUT2D eigenvalue weighted by molar-refractivity contribution is 0.0711. The van der Waals surface area contributed by atoms with E-state index in [2.05, 4.69) is 35.7 Å². The SMILES string of the molecule is Cc1nccc(N2CCC3CCN(C(=O)c4ccccc4Br)C3C2)n1. The maximum Gasteiger partial charge on any atom is 0.255 e. The van der Waals surface area contributed by atoms with Gasteiger partial charge in [0.1, 0.15) is 11.6 Å². The van der Waals surface area contributed by atoms with Crippen molar-refractivity contribution >= 4 is 27.7 Å². The Hall–Kier alpha value is -1.95. The van der Waals surface area contributed by atoms with Crippen molar-refractivity contribution in [3.63, 3.8) is 0 Å². The molecule has 0 N–H and O–H groups in total. The maximum absolute atomic E-state index is 13.1. The lowest BCUT2D eigenvalue weighted by Crippen LogP contribution is -2.50. The molecule has 130 valence electrons. The van der Waals surface area contributed by atoms with Crippen LogP contribution in [-0.4, -0.2) is 46.5 Å². The normalized spacial score (nSPS) is 22.8. The number of carbonyl (C=O) groups excluding carboxylic acids is 1. The lowest BCUT2D eigenvalue weighted by Gasteiger charge is -2.39. The van der Waals surface area contributed by atoms with Crippen molar-refractivity contribution in [2.24, 2.45) is 5.92 Å². The summed E-state index contributed by atoms with van der Waals surface area (Å²) in [6.45, 7) is 4.59. The molecule has 2 saturated heterocycles. The number of amides is 1. The minimum Gasteiger partial charge on any atom is -0.354 e. The third-order valence-corrected chi connectivity index (χ3v) is 6.00. The Balaban J connectivity index is 1.56. The van der Waals surface area contributed by atoms with Crippen LogP contribution >= 0.6 is 15.9 Å². The monoisotopic (exact) mass is 400 g/mol. The first kappa shape index (κ1) is 16.5. The average molecular weight is 401 g/mol. The number of benzene rings is 1. The fourth-order valence-electron chi connectivity index (χ4n) is 4.01. The summed E-state index contributed by atoms with van der Waals surface area (Å²) in [6, 6.07) is 9.90. The summed E-state index contributed by atoms with van der Waals surface area (Å²) in [5.74, 6) is 2.46. The van der Waals surface area contributed by atoms with Gasteiger partial charge >= 0.3 is 0 Å². The molecule has 2 atom stereocenters. The van der Waals surface area contributed by atoms with Crippen molar-refractivity contribution in [3.05, 3.63) is 52.4 Å². The van der Waals surface area contributed by atoms with Crippen molar-refractivity contribution in [2.45, 2.75) is 25.8 Å². The van der Waals surface area contributed by atoms with Gasteiger partial charge in [0.15, 0.2) is 0 Å². The Labute approximate surface area is 156 Å². The van der Waals surface area contributed by atoms with Gasteiger partial charge in [-0.05, 0) is 59.8 Å². The first-order chi connectivity index (χ1) is 12.1. The van der Waals surface area contributed by atoms with Crippen LogP contribution in [-0.2, 0) is 0 Å². The van der Waals surface area contributed by atoms with E-state index >= 15 is 0 Å². The summed E-state index contributed by atoms with van der Waals surface area (Å²) >= 11 is 3.51. The zero-order valence-electron chi connectivity index (χ0n) is 14.2. The van der Waals surface area contributed by atoms with Gasteiger partial charge in [-0.3, -0.25) is 4.79 Å². The predicted molar refractivity (Wildman–Crippen MR) is 101 cm³/mol. The number of hydrogen-bond donors (Lipinski definition) is 0. The Morgan fingerprint density at radius 3 is 2.80 bits per heavy atom. The van der Waals surface area contributed by atoms with Crippen LogP contribution in [0.1, 0.15) is 29.0 Å². The smallest absolute Gasteiger partial charge is 0.255 e. The van der Waals surface area contributed by atoms with Gasteiger partial charge < -0.3 is 9.80 Å². The van der Waals surface area contributed by atoms with Crippen LogP contribution in [0.3, 0.4) is 0 Å². The fourth-order valence-corrected chi connectivity index (χ4v) is 4.46. The van der Waals surface area contributed by atoms with E-state index in [4.69, 9.17) is 0 Å². The summed E-state index contributed by atoms with van der Waals surface area (Å²) in [7, 11) is 0. The first-order valence-corrected chi connectivity index (χ1v) is 9.53. The van der Waals surface area contributed by atoms with Crippen molar-refractivity contribution < 1.29 is 4.79 Å². The number of hydrogen-bond acceptors (Lipinski definition) is 4. The van der Waals surface area contributed by atoms with Crippen LogP contribution in [0.25, 0.3) is 0 Å². The minimum absolute atomic E-state index is 0.126. The zero-order chi connectivity index (χ0) is 17.4. The highest BCUT2D eigenvalue weighted by molar-refractivity contribution is 9.10. The van der Waals surface area contributed by atoms with E-state index in [0.717, 1.165) is 54.2 Å². The van der Waals surface area contributed by atoms with E-state index in [9.17, 15) is 4.79 Å². The number of fused-ring (bicyclic) bond motifs is 1. The molecule has 1 aromatic carbocycles. The highest BCUT2D eigenvalue weighted by Gasteiger charge is 2.41. The molecule has 4 rings (SSSR count). The quantitative estimate of drug-likeness (QED) is 0.775. The second-order valence-electron chi connectivity index (χ2n) is 6.79. The van der Waals surface area contributed by atoms with Gasteiger partial charge in [-0.15, -0.1) is 0 Å². The molecule has 0 saturated carbocycles. The van der Waals surface area contributed by atoms with Gasteiger partial charge in [-0.1, -0.05) is 12.1 Å². The number of aromatic nitrogens is 2. The Bertz CT molecular complexity index is 796. The largest absolute Gasteiger partial charge is 0.354 e. The van der Waals surface area contributed by atoms with Crippen LogP contribution in [0.15, 0.2) is 41.0 Å². The van der Waals surface area contributed by atoms with E-state index in [0.29, 0.717) is 5.92 Å². The number of piperidine rings is 1. The van der Waals surface area contributed by atoms with Gasteiger partial charge in [0.25, 0.3) is 5.91 Å². The zero-order valence-corrected chi connectivity index (χ0v) is 15.8. The topological polar surface area (TPSA) is 49.3 Å². The van der Waals surface area contributed by atoms with Crippen molar-refractivity contribution in [1.82, 2.24) is 14.9 Å². The molecule has 1 amide bonds. The number of halogens is 1. The van der Waals surface area contributed by atoms with Crippen LogP contribution in [0, 0.1) is 12.8 Å². The Morgan fingerprint density at radius 1 is 1.20 bits per heavy atom. The molecule has 0 bridgehead atoms. The highest BCUT2D eigenvalue weighted by atomic mass is 79.9. The van der Waals surface area contributed by atoms with E-state index in [1.54, 1.807) is 0 Å². The molecule has 2 unspecified atom stereocenters. The van der Waals surface area contributed by atoms with Gasteiger partial charge in [-0.25, -0.2) is 9.97 Å². The van der Waals surface area contributed by atoms with Crippen LogP contribution in [0.2, 0.25) is 0 Å². The molecule has 0 aliphatic carbocycles. The van der Waals surface area contributed by atoms with Crippen molar-refractivity contribution in [1.29, 1.82) is 0 Å². The number of aryl methyl sites for hydroxylation is 1. The summed E-state index contributed by atoms with van der Waals surface area (Å²) in [5, 5.41) is 0. The molecule has 0 spiro atoms. The molecule has 5 nitrogen and oxygen atoms in total. The molecule has 2 aliphatic heterocycles. The molecule has 25 heavy (non-hydrogen) atoms. The third-order valence-electron chi connectivity index (χ3n) is 5.31. The van der Waals surface area contributed by atoms with Gasteiger partial charge in [0.2, 0.25) is 0 Å². The third kappa shape index (κ3) is 3.15. The maximum atomic E-state index is 13.1. The van der Waals surface area contributed by atoms with Crippen LogP contribution in [0.4, 0.5) is 5.82 Å². The highest BCUT2D eigenvalue weighted by Crippen LogP contribution is 2.34. The number of likely N-dealkylation sites (tertiary alicyclic amines) is 1. The van der Waals surface area contributed by atoms with E-state index in [1.165, 1.54) is 0 Å². The average Bonchev–Trinajstić information content (AvgIpc) is 3.04. The molecule has 1 aromatic heterocycles. The predicted octanol–water partition coefficient (Wildman–Crippen LogP) is 3.29. The van der Waals surface area contributed by atoms with Crippen molar-refractivity contribution in [2.75, 3.05) is 24.5 Å². The van der Waals surface area contributed by atoms with Gasteiger partial charge in [0.05, 0.1) is 11.6 Å². The summed E-state index contributed by atoms with van der Waals surface area (Å²) < 4.78 is 0.863. The fraction of sp³-hybridized carbons (Fsp3) is 0.421. The molecule has 3 heterocycles. The van der Waals surface area contributed by atoms with Crippen LogP contribution < -0.4 is 4.90 Å². The number of nitrogens with zero attached hydrogens (tertiary/aromatic N) is 4. The number of rotatable bonds is 2. The standard InChI is InChI=1S/C19H21BrN4O/c1-13-21-9-6-18(22-13)23-10-7-14-8-11-24(17(14)12-23)19(25)15-4-2-3-5-16(15)20/h2-6,9,14,17H,7-8,10-12H2,1H3. The number of anilines is 1. The van der Waals surface area contributed by atoms with Crippen LogP contribution in [0.5, 0.6) is 0 Å². The molecule has 2 fully saturated rings. The van der Waals surface area contributed by atoms with E-state index in [-0.39, 0.29) is 11.9 Å². The molecule has 2 aromatic rings. The molecular weight excluding hydrogens is 380 g/mol.